The van der Waals surface area contributed by atoms with Gasteiger partial charge in [-0.25, -0.2) is 0 Å². The highest BCUT2D eigenvalue weighted by molar-refractivity contribution is 4.84. The van der Waals surface area contributed by atoms with Crippen molar-refractivity contribution in [2.75, 3.05) is 32.8 Å². The normalized spacial score (nSPS) is 26.0. The minimum absolute atomic E-state index is 0.480. The van der Waals surface area contributed by atoms with Gasteiger partial charge in [-0.05, 0) is 50.1 Å². The Labute approximate surface area is 94.0 Å². The smallest absolute Gasteiger partial charge is 0.0468 e. The van der Waals surface area contributed by atoms with Gasteiger partial charge >= 0.3 is 0 Å². The van der Waals surface area contributed by atoms with Crippen molar-refractivity contribution < 1.29 is 4.74 Å². The average Bonchev–Trinajstić information content (AvgIpc) is 2.71. The Hall–Kier alpha value is -0.0800. The summed E-state index contributed by atoms with van der Waals surface area (Å²) in [5, 5.41) is 0. The molecule has 2 aliphatic rings. The highest BCUT2D eigenvalue weighted by atomic mass is 16.5. The van der Waals surface area contributed by atoms with Crippen molar-refractivity contribution >= 4 is 0 Å². The van der Waals surface area contributed by atoms with Gasteiger partial charge in [-0.15, -0.1) is 0 Å². The monoisotopic (exact) mass is 211 g/mol. The van der Waals surface area contributed by atoms with E-state index in [1.807, 2.05) is 0 Å². The van der Waals surface area contributed by atoms with Gasteiger partial charge in [0.2, 0.25) is 0 Å². The standard InChI is InChI=1S/C13H25NO/c1-13(2,11-14-7-3-4-8-14)12-5-9-15-10-6-12/h12H,3-11H2,1-2H3. The second-order valence-corrected chi connectivity index (χ2v) is 5.86. The van der Waals surface area contributed by atoms with Gasteiger partial charge in [0.05, 0.1) is 0 Å². The van der Waals surface area contributed by atoms with Crippen LogP contribution in [0.3, 0.4) is 0 Å². The molecule has 2 rings (SSSR count). The summed E-state index contributed by atoms with van der Waals surface area (Å²) in [4.78, 5) is 2.65. The Kier molecular flexibility index (Phi) is 3.68. The lowest BCUT2D eigenvalue weighted by atomic mass is 9.74. The first kappa shape index (κ1) is 11.4. The molecule has 2 heteroatoms. The predicted octanol–water partition coefficient (Wildman–Crippen LogP) is 2.54. The molecule has 0 aliphatic carbocycles. The number of hydrogen-bond acceptors (Lipinski definition) is 2. The Bertz CT molecular complexity index is 191. The van der Waals surface area contributed by atoms with Gasteiger partial charge < -0.3 is 9.64 Å². The number of nitrogens with zero attached hydrogens (tertiary/aromatic N) is 1. The third-order valence-electron chi connectivity index (χ3n) is 4.16. The van der Waals surface area contributed by atoms with Gasteiger partial charge in [-0.2, -0.15) is 0 Å². The number of hydrogen-bond donors (Lipinski definition) is 0. The summed E-state index contributed by atoms with van der Waals surface area (Å²) in [7, 11) is 0. The van der Waals surface area contributed by atoms with E-state index in [2.05, 4.69) is 18.7 Å². The fourth-order valence-corrected chi connectivity index (χ4v) is 3.13. The van der Waals surface area contributed by atoms with Crippen LogP contribution in [0.1, 0.15) is 39.5 Å². The molecular weight excluding hydrogens is 186 g/mol. The third-order valence-corrected chi connectivity index (χ3v) is 4.16. The van der Waals surface area contributed by atoms with Crippen molar-refractivity contribution in [1.29, 1.82) is 0 Å². The van der Waals surface area contributed by atoms with E-state index < -0.39 is 0 Å². The molecule has 2 aliphatic heterocycles. The zero-order valence-electron chi connectivity index (χ0n) is 10.3. The first-order valence-corrected chi connectivity index (χ1v) is 6.48. The Morgan fingerprint density at radius 1 is 1.13 bits per heavy atom. The lowest BCUT2D eigenvalue weighted by Gasteiger charge is -2.39. The van der Waals surface area contributed by atoms with Crippen LogP contribution in [0.4, 0.5) is 0 Å². The summed E-state index contributed by atoms with van der Waals surface area (Å²) in [5.74, 6) is 0.867. The molecule has 0 unspecified atom stereocenters. The van der Waals surface area contributed by atoms with E-state index in [-0.39, 0.29) is 0 Å². The van der Waals surface area contributed by atoms with Crippen LogP contribution in [0.5, 0.6) is 0 Å². The van der Waals surface area contributed by atoms with Crippen LogP contribution in [-0.4, -0.2) is 37.7 Å². The quantitative estimate of drug-likeness (QED) is 0.711. The van der Waals surface area contributed by atoms with Crippen LogP contribution in [0.2, 0.25) is 0 Å². The fraction of sp³-hybridized carbons (Fsp3) is 1.00. The maximum absolute atomic E-state index is 5.45. The van der Waals surface area contributed by atoms with Crippen molar-refractivity contribution in [2.45, 2.75) is 39.5 Å². The Morgan fingerprint density at radius 2 is 1.73 bits per heavy atom. The Morgan fingerprint density at radius 3 is 2.33 bits per heavy atom. The molecule has 0 amide bonds. The van der Waals surface area contributed by atoms with Crippen LogP contribution >= 0.6 is 0 Å². The summed E-state index contributed by atoms with van der Waals surface area (Å²) in [6, 6.07) is 0. The van der Waals surface area contributed by atoms with Crippen molar-refractivity contribution in [1.82, 2.24) is 4.90 Å². The predicted molar refractivity (Wildman–Crippen MR) is 63.0 cm³/mol. The summed E-state index contributed by atoms with van der Waals surface area (Å²) < 4.78 is 5.45. The zero-order chi connectivity index (χ0) is 10.7. The van der Waals surface area contributed by atoms with Gasteiger partial charge in [0.1, 0.15) is 0 Å². The van der Waals surface area contributed by atoms with E-state index >= 15 is 0 Å². The largest absolute Gasteiger partial charge is 0.381 e. The zero-order valence-corrected chi connectivity index (χ0v) is 10.3. The van der Waals surface area contributed by atoms with E-state index in [4.69, 9.17) is 4.74 Å². The maximum atomic E-state index is 5.45. The summed E-state index contributed by atoms with van der Waals surface area (Å²) in [6.07, 6.45) is 5.34. The maximum Gasteiger partial charge on any atom is 0.0468 e. The molecule has 2 saturated heterocycles. The van der Waals surface area contributed by atoms with Crippen LogP contribution < -0.4 is 0 Å². The fourth-order valence-electron chi connectivity index (χ4n) is 3.13. The molecule has 0 aromatic carbocycles. The van der Waals surface area contributed by atoms with Crippen molar-refractivity contribution in [3.63, 3.8) is 0 Å². The van der Waals surface area contributed by atoms with Crippen molar-refractivity contribution in [3.8, 4) is 0 Å². The van der Waals surface area contributed by atoms with Crippen molar-refractivity contribution in [3.05, 3.63) is 0 Å². The highest BCUT2D eigenvalue weighted by Gasteiger charge is 2.33. The molecule has 2 heterocycles. The Balaban J connectivity index is 1.86. The second-order valence-electron chi connectivity index (χ2n) is 5.86. The first-order valence-electron chi connectivity index (χ1n) is 6.48. The number of rotatable bonds is 3. The topological polar surface area (TPSA) is 12.5 Å². The third kappa shape index (κ3) is 2.94. The molecule has 2 nitrogen and oxygen atoms in total. The number of ether oxygens (including phenoxy) is 1. The second kappa shape index (κ2) is 4.84. The number of likely N-dealkylation sites (tertiary alicyclic amines) is 1. The van der Waals surface area contributed by atoms with E-state index in [0.29, 0.717) is 5.41 Å². The lowest BCUT2D eigenvalue weighted by Crippen LogP contribution is -2.39. The van der Waals surface area contributed by atoms with Crippen LogP contribution in [-0.2, 0) is 4.74 Å². The first-order chi connectivity index (χ1) is 7.18. The molecule has 0 radical (unpaired) electrons. The molecule has 0 spiro atoms. The van der Waals surface area contributed by atoms with Crippen LogP contribution in [0.15, 0.2) is 0 Å². The van der Waals surface area contributed by atoms with Gasteiger partial charge in [0.15, 0.2) is 0 Å². The van der Waals surface area contributed by atoms with Crippen molar-refractivity contribution in [2.24, 2.45) is 11.3 Å². The summed E-state index contributed by atoms with van der Waals surface area (Å²) in [6.45, 7) is 10.8. The minimum Gasteiger partial charge on any atom is -0.381 e. The molecular formula is C13H25NO. The molecule has 88 valence electrons. The molecule has 0 atom stereocenters. The van der Waals surface area contributed by atoms with E-state index in [1.165, 1.54) is 45.3 Å². The lowest BCUT2D eigenvalue weighted by molar-refractivity contribution is 0.0113. The van der Waals surface area contributed by atoms with Gasteiger partial charge in [0.25, 0.3) is 0 Å². The highest BCUT2D eigenvalue weighted by Crippen LogP contribution is 2.35. The van der Waals surface area contributed by atoms with Gasteiger partial charge in [0, 0.05) is 19.8 Å². The van der Waals surface area contributed by atoms with Gasteiger partial charge in [-0.1, -0.05) is 13.8 Å². The average molecular weight is 211 g/mol. The van der Waals surface area contributed by atoms with Gasteiger partial charge in [-0.3, -0.25) is 0 Å². The molecule has 0 aromatic heterocycles. The summed E-state index contributed by atoms with van der Waals surface area (Å²) >= 11 is 0. The minimum atomic E-state index is 0.480. The molecule has 0 bridgehead atoms. The van der Waals surface area contributed by atoms with E-state index in [0.717, 1.165) is 19.1 Å². The molecule has 2 fully saturated rings. The molecule has 0 aromatic rings. The van der Waals surface area contributed by atoms with Crippen LogP contribution in [0.25, 0.3) is 0 Å². The van der Waals surface area contributed by atoms with E-state index in [1.54, 1.807) is 0 Å². The summed E-state index contributed by atoms with van der Waals surface area (Å²) in [5.41, 5.74) is 0.480. The van der Waals surface area contributed by atoms with E-state index in [9.17, 15) is 0 Å². The molecule has 0 N–H and O–H groups in total. The van der Waals surface area contributed by atoms with Crippen LogP contribution in [0, 0.1) is 11.3 Å². The SMILES string of the molecule is CC(C)(CN1CCCC1)C1CCOCC1. The molecule has 0 saturated carbocycles. The molecule has 15 heavy (non-hydrogen) atoms.